The second-order valence-corrected chi connectivity index (χ2v) is 10.6. The van der Waals surface area contributed by atoms with Crippen molar-refractivity contribution in [3.05, 3.63) is 46.5 Å². The number of methoxy groups -OCH3 is 4. The van der Waals surface area contributed by atoms with Gasteiger partial charge in [-0.2, -0.15) is 0 Å². The third-order valence-electron chi connectivity index (χ3n) is 7.56. The minimum Gasteiger partial charge on any atom is -0.493 e. The number of rotatable bonds is 11. The molecule has 4 atom stereocenters. The van der Waals surface area contributed by atoms with Gasteiger partial charge in [-0.15, -0.1) is 0 Å². The van der Waals surface area contributed by atoms with Crippen LogP contribution in [0.3, 0.4) is 0 Å². The summed E-state index contributed by atoms with van der Waals surface area (Å²) in [7, 11) is 6.81. The first-order chi connectivity index (χ1) is 21.0. The Kier molecular flexibility index (Phi) is 15.2. The predicted octanol–water partition coefficient (Wildman–Crippen LogP) is 3.26. The molecule has 0 amide bonds. The van der Waals surface area contributed by atoms with E-state index >= 15 is 0 Å². The number of unbranched alkanes of at least 4 members (excludes halogenated alkanes) is 1. The molecule has 2 aliphatic heterocycles. The number of benzene rings is 2. The average molecular weight is 621 g/mol. The van der Waals surface area contributed by atoms with Gasteiger partial charge in [0.25, 0.3) is 0 Å². The van der Waals surface area contributed by atoms with Gasteiger partial charge in [0.15, 0.2) is 23.0 Å². The third kappa shape index (κ3) is 10.5. The van der Waals surface area contributed by atoms with Crippen LogP contribution in [-0.4, -0.2) is 86.1 Å². The number of aliphatic hydroxyl groups is 2. The third-order valence-corrected chi connectivity index (χ3v) is 7.56. The molecule has 4 unspecified atom stereocenters. The fourth-order valence-corrected chi connectivity index (χ4v) is 5.15. The van der Waals surface area contributed by atoms with Gasteiger partial charge in [0.2, 0.25) is 0 Å². The molecule has 12 nitrogen and oxygen atoms in total. The number of carboxylic acid groups (broad SMARTS) is 2. The van der Waals surface area contributed by atoms with Crippen LogP contribution in [0.5, 0.6) is 23.0 Å². The van der Waals surface area contributed by atoms with E-state index in [1.54, 1.807) is 28.4 Å². The topological polar surface area (TPSA) is 176 Å². The number of hydrogen-bond acceptors (Lipinski definition) is 10. The van der Waals surface area contributed by atoms with E-state index in [-0.39, 0.29) is 0 Å². The van der Waals surface area contributed by atoms with Crippen molar-refractivity contribution in [1.29, 1.82) is 0 Å². The maximum Gasteiger partial charge on any atom is 0.332 e. The summed E-state index contributed by atoms with van der Waals surface area (Å²) in [6.45, 7) is 4.41. The van der Waals surface area contributed by atoms with E-state index in [1.807, 2.05) is 0 Å². The zero-order valence-electron chi connectivity index (χ0n) is 26.5. The standard InChI is InChI=1S/C26H36N2O4.2C3H6O3/c1-29-23-13-17-9-11-27-21(19(17)15-25(23)31-3)7-5-6-8-22-20-16-26(32-4)24(30-2)14-18(20)10-12-28-22;2*1-2(4)3(5)6/h13-16,21-22,27-28H,5-12H2,1-4H3;2*2,4H,1H3,(H,5,6). The summed E-state index contributed by atoms with van der Waals surface area (Å²) in [5, 5.41) is 38.9. The maximum absolute atomic E-state index is 9.45. The van der Waals surface area contributed by atoms with Crippen LogP contribution in [0.25, 0.3) is 0 Å². The van der Waals surface area contributed by atoms with E-state index in [1.165, 1.54) is 48.9 Å². The SMILES string of the molecule is CC(O)C(=O)O.CC(O)C(=O)O.COc1cc2c(cc1OC)C(CCCCC1NCCc3cc(OC)c(OC)cc31)NCC2. The highest BCUT2D eigenvalue weighted by Crippen LogP contribution is 2.38. The Morgan fingerprint density at radius 3 is 1.25 bits per heavy atom. The smallest absolute Gasteiger partial charge is 0.332 e. The largest absolute Gasteiger partial charge is 0.493 e. The van der Waals surface area contributed by atoms with Gasteiger partial charge in [0.1, 0.15) is 12.2 Å². The molecule has 0 aromatic heterocycles. The summed E-state index contributed by atoms with van der Waals surface area (Å²) >= 11 is 0. The van der Waals surface area contributed by atoms with Gasteiger partial charge in [0, 0.05) is 12.1 Å². The van der Waals surface area contributed by atoms with Crippen LogP contribution in [0.15, 0.2) is 24.3 Å². The van der Waals surface area contributed by atoms with Crippen LogP contribution in [0.2, 0.25) is 0 Å². The average Bonchev–Trinajstić information content (AvgIpc) is 3.02. The zero-order chi connectivity index (χ0) is 32.8. The normalized spacial score (nSPS) is 18.0. The van der Waals surface area contributed by atoms with Crippen LogP contribution in [0.1, 0.15) is 73.9 Å². The van der Waals surface area contributed by atoms with Gasteiger partial charge in [-0.05, 0) is 99.1 Å². The minimum absolute atomic E-state index is 0.370. The van der Waals surface area contributed by atoms with E-state index in [4.69, 9.17) is 39.4 Å². The lowest BCUT2D eigenvalue weighted by Gasteiger charge is -2.30. The molecule has 0 fully saturated rings. The molecule has 0 saturated carbocycles. The van der Waals surface area contributed by atoms with E-state index in [0.717, 1.165) is 61.8 Å². The van der Waals surface area contributed by atoms with Crippen molar-refractivity contribution < 1.29 is 49.0 Å². The van der Waals surface area contributed by atoms with Gasteiger partial charge in [-0.1, -0.05) is 12.8 Å². The highest BCUT2D eigenvalue weighted by atomic mass is 16.5. The highest BCUT2D eigenvalue weighted by molar-refractivity contribution is 5.71. The zero-order valence-corrected chi connectivity index (χ0v) is 26.5. The Balaban J connectivity index is 0.000000477. The van der Waals surface area contributed by atoms with E-state index in [9.17, 15) is 9.59 Å². The van der Waals surface area contributed by atoms with Crippen LogP contribution >= 0.6 is 0 Å². The van der Waals surface area contributed by atoms with Gasteiger partial charge < -0.3 is 50.0 Å². The lowest BCUT2D eigenvalue weighted by molar-refractivity contribution is -0.146. The first-order valence-electron chi connectivity index (χ1n) is 14.7. The molecular formula is C32H48N2O10. The van der Waals surface area contributed by atoms with Gasteiger partial charge in [-0.3, -0.25) is 0 Å². The van der Waals surface area contributed by atoms with Gasteiger partial charge >= 0.3 is 11.9 Å². The molecule has 246 valence electrons. The Hall–Kier alpha value is -3.58. The molecule has 0 radical (unpaired) electrons. The second-order valence-electron chi connectivity index (χ2n) is 10.6. The summed E-state index contributed by atoms with van der Waals surface area (Å²) < 4.78 is 22.1. The van der Waals surface area contributed by atoms with Crippen molar-refractivity contribution in [2.24, 2.45) is 0 Å². The molecule has 0 saturated heterocycles. The van der Waals surface area contributed by atoms with Crippen molar-refractivity contribution in [2.45, 2.75) is 76.7 Å². The minimum atomic E-state index is -1.23. The molecule has 2 aliphatic rings. The molecule has 0 bridgehead atoms. The molecular weight excluding hydrogens is 572 g/mol. The second kappa shape index (κ2) is 18.3. The molecule has 4 rings (SSSR count). The number of hydrogen-bond donors (Lipinski definition) is 6. The van der Waals surface area contributed by atoms with Crippen molar-refractivity contribution in [1.82, 2.24) is 10.6 Å². The lowest BCUT2D eigenvalue weighted by atomic mass is 9.88. The van der Waals surface area contributed by atoms with E-state index < -0.39 is 24.1 Å². The first-order valence-corrected chi connectivity index (χ1v) is 14.7. The lowest BCUT2D eigenvalue weighted by Crippen LogP contribution is -2.30. The van der Waals surface area contributed by atoms with Crippen LogP contribution < -0.4 is 29.6 Å². The summed E-state index contributed by atoms with van der Waals surface area (Å²) in [4.78, 5) is 18.9. The number of aliphatic hydroxyl groups excluding tert-OH is 2. The molecule has 2 aromatic rings. The van der Waals surface area contributed by atoms with Crippen molar-refractivity contribution in [2.75, 3.05) is 41.5 Å². The Morgan fingerprint density at radius 1 is 0.682 bits per heavy atom. The number of aliphatic carboxylic acids is 2. The number of fused-ring (bicyclic) bond motifs is 2. The van der Waals surface area contributed by atoms with Crippen LogP contribution in [0.4, 0.5) is 0 Å². The number of nitrogens with one attached hydrogen (secondary N) is 2. The number of ether oxygens (including phenoxy) is 4. The highest BCUT2D eigenvalue weighted by Gasteiger charge is 2.24. The number of carboxylic acids is 2. The van der Waals surface area contributed by atoms with Crippen molar-refractivity contribution in [3.63, 3.8) is 0 Å². The molecule has 0 spiro atoms. The Labute approximate surface area is 259 Å². The maximum atomic E-state index is 9.45. The number of carbonyl (C=O) groups is 2. The van der Waals surface area contributed by atoms with Crippen molar-refractivity contribution in [3.8, 4) is 23.0 Å². The fourth-order valence-electron chi connectivity index (χ4n) is 5.15. The summed E-state index contributed by atoms with van der Waals surface area (Å²) in [6.07, 6.45) is 4.18. The summed E-state index contributed by atoms with van der Waals surface area (Å²) in [5.41, 5.74) is 5.45. The molecule has 2 aromatic carbocycles. The van der Waals surface area contributed by atoms with Crippen molar-refractivity contribution >= 4 is 11.9 Å². The monoisotopic (exact) mass is 620 g/mol. The first kappa shape index (κ1) is 36.6. The Bertz CT molecular complexity index is 1120. The quantitative estimate of drug-likeness (QED) is 0.203. The summed E-state index contributed by atoms with van der Waals surface area (Å²) in [6, 6.07) is 9.34. The van der Waals surface area contributed by atoms with Crippen LogP contribution in [0, 0.1) is 0 Å². The van der Waals surface area contributed by atoms with Crippen LogP contribution in [-0.2, 0) is 22.4 Å². The molecule has 12 heteroatoms. The predicted molar refractivity (Wildman–Crippen MR) is 165 cm³/mol. The van der Waals surface area contributed by atoms with Gasteiger partial charge in [0.05, 0.1) is 28.4 Å². The van der Waals surface area contributed by atoms with E-state index in [2.05, 4.69) is 34.9 Å². The van der Waals surface area contributed by atoms with Gasteiger partial charge in [-0.25, -0.2) is 9.59 Å². The molecule has 2 heterocycles. The molecule has 0 aliphatic carbocycles. The Morgan fingerprint density at radius 2 is 0.977 bits per heavy atom. The fraction of sp³-hybridized carbons (Fsp3) is 0.562. The molecule has 44 heavy (non-hydrogen) atoms. The summed E-state index contributed by atoms with van der Waals surface area (Å²) in [5.74, 6) is 0.895. The molecule has 6 N–H and O–H groups in total. The van der Waals surface area contributed by atoms with E-state index in [0.29, 0.717) is 12.1 Å².